The summed E-state index contributed by atoms with van der Waals surface area (Å²) >= 11 is 0. The predicted octanol–water partition coefficient (Wildman–Crippen LogP) is 5.26. The number of carbonyl (C=O) groups is 1. The highest BCUT2D eigenvalue weighted by atomic mass is 19.4. The predicted molar refractivity (Wildman–Crippen MR) is 116 cm³/mol. The average Bonchev–Trinajstić information content (AvgIpc) is 2.70. The van der Waals surface area contributed by atoms with E-state index < -0.39 is 23.4 Å². The van der Waals surface area contributed by atoms with Gasteiger partial charge in [-0.1, -0.05) is 12.1 Å². The van der Waals surface area contributed by atoms with Crippen LogP contribution in [0.5, 0.6) is 5.75 Å². The van der Waals surface area contributed by atoms with Crippen molar-refractivity contribution in [3.05, 3.63) is 53.3 Å². The van der Waals surface area contributed by atoms with Crippen LogP contribution in [0.15, 0.2) is 36.4 Å². The molecule has 3 aromatic rings. The normalized spacial score (nSPS) is 16.5. The molecule has 0 fully saturated rings. The van der Waals surface area contributed by atoms with Crippen molar-refractivity contribution < 1.29 is 22.7 Å². The summed E-state index contributed by atoms with van der Waals surface area (Å²) in [6.07, 6.45) is -4.42. The van der Waals surface area contributed by atoms with Crippen LogP contribution in [-0.2, 0) is 11.0 Å². The molecule has 4 rings (SSSR count). The number of benzene rings is 2. The Labute approximate surface area is 183 Å². The first-order valence-electron chi connectivity index (χ1n) is 10.1. The number of amides is 1. The minimum Gasteiger partial charge on any atom is -0.476 e. The number of likely N-dealkylation sites (N-methyl/N-ethyl adjacent to an activating group) is 1. The van der Waals surface area contributed by atoms with Crippen LogP contribution in [0.25, 0.3) is 10.9 Å². The monoisotopic (exact) mass is 444 g/mol. The third kappa shape index (κ3) is 3.83. The second-order valence-corrected chi connectivity index (χ2v) is 8.42. The van der Waals surface area contributed by atoms with Crippen LogP contribution in [0.3, 0.4) is 0 Å². The first-order valence-corrected chi connectivity index (χ1v) is 10.1. The van der Waals surface area contributed by atoms with E-state index in [0.29, 0.717) is 39.5 Å². The summed E-state index contributed by atoms with van der Waals surface area (Å²) in [7, 11) is 1.67. The van der Waals surface area contributed by atoms with E-state index in [1.165, 1.54) is 11.0 Å². The molecule has 1 aromatic heterocycles. The molecule has 32 heavy (non-hydrogen) atoms. The lowest BCUT2D eigenvalue weighted by Gasteiger charge is -2.37. The Morgan fingerprint density at radius 3 is 2.56 bits per heavy atom. The molecule has 1 unspecified atom stereocenters. The van der Waals surface area contributed by atoms with Gasteiger partial charge in [0, 0.05) is 24.5 Å². The van der Waals surface area contributed by atoms with Gasteiger partial charge in [0.15, 0.2) is 5.60 Å². The standard InChI is InChI=1S/C23H23F3N4O2/c1-12(14-7-6-8-15(9-14)23(24,25)26)27-20-16-10-18-19(11-17(16)28-13(2)29-20)32-22(3,4)21(31)30(18)5/h6-12H,1-5H3,(H,27,28,29). The summed E-state index contributed by atoms with van der Waals surface area (Å²) in [5.74, 6) is 1.30. The smallest absolute Gasteiger partial charge is 0.416 e. The van der Waals surface area contributed by atoms with Crippen molar-refractivity contribution >= 4 is 28.3 Å². The Morgan fingerprint density at radius 1 is 1.16 bits per heavy atom. The number of hydrogen-bond donors (Lipinski definition) is 1. The minimum atomic E-state index is -4.42. The molecule has 0 saturated carbocycles. The van der Waals surface area contributed by atoms with Crippen LogP contribution >= 0.6 is 0 Å². The minimum absolute atomic E-state index is 0.191. The van der Waals surface area contributed by atoms with Crippen molar-refractivity contribution in [3.63, 3.8) is 0 Å². The molecule has 6 nitrogen and oxygen atoms in total. The zero-order chi connectivity index (χ0) is 23.4. The van der Waals surface area contributed by atoms with Crippen LogP contribution in [0.2, 0.25) is 0 Å². The van der Waals surface area contributed by atoms with E-state index in [2.05, 4.69) is 15.3 Å². The van der Waals surface area contributed by atoms with Gasteiger partial charge in [-0.25, -0.2) is 9.97 Å². The van der Waals surface area contributed by atoms with Crippen LogP contribution < -0.4 is 15.0 Å². The molecule has 0 spiro atoms. The molecular weight excluding hydrogens is 421 g/mol. The molecule has 0 saturated heterocycles. The van der Waals surface area contributed by atoms with E-state index in [1.807, 2.05) is 0 Å². The van der Waals surface area contributed by atoms with Crippen molar-refractivity contribution in [2.45, 2.75) is 45.5 Å². The van der Waals surface area contributed by atoms with Crippen LogP contribution in [0.4, 0.5) is 24.7 Å². The van der Waals surface area contributed by atoms with Gasteiger partial charge in [0.25, 0.3) is 5.91 Å². The highest BCUT2D eigenvalue weighted by Crippen LogP contribution is 2.41. The number of aryl methyl sites for hydroxylation is 1. The van der Waals surface area contributed by atoms with Crippen molar-refractivity contribution in [1.82, 2.24) is 9.97 Å². The van der Waals surface area contributed by atoms with Gasteiger partial charge in [-0.15, -0.1) is 0 Å². The molecule has 1 atom stereocenters. The maximum Gasteiger partial charge on any atom is 0.416 e. The zero-order valence-electron chi connectivity index (χ0n) is 18.3. The Balaban J connectivity index is 1.76. The van der Waals surface area contributed by atoms with Crippen molar-refractivity contribution in [1.29, 1.82) is 0 Å². The zero-order valence-corrected chi connectivity index (χ0v) is 18.3. The molecular formula is C23H23F3N4O2. The fourth-order valence-electron chi connectivity index (χ4n) is 3.82. The summed E-state index contributed by atoms with van der Waals surface area (Å²) in [6, 6.07) is 8.24. The van der Waals surface area contributed by atoms with Gasteiger partial charge in [-0.05, 0) is 51.5 Å². The Morgan fingerprint density at radius 2 is 1.88 bits per heavy atom. The van der Waals surface area contributed by atoms with E-state index in [-0.39, 0.29) is 5.91 Å². The lowest BCUT2D eigenvalue weighted by molar-refractivity contribution is -0.137. The first kappa shape index (κ1) is 21.9. The van der Waals surface area contributed by atoms with E-state index in [9.17, 15) is 18.0 Å². The van der Waals surface area contributed by atoms with Crippen LogP contribution in [0.1, 0.15) is 43.8 Å². The number of halogens is 3. The van der Waals surface area contributed by atoms with Crippen molar-refractivity contribution in [3.8, 4) is 5.75 Å². The highest BCUT2D eigenvalue weighted by molar-refractivity contribution is 6.05. The Kier molecular flexibility index (Phi) is 5.02. The van der Waals surface area contributed by atoms with E-state index in [0.717, 1.165) is 12.1 Å². The second-order valence-electron chi connectivity index (χ2n) is 8.42. The summed E-state index contributed by atoms with van der Waals surface area (Å²) < 4.78 is 45.3. The number of carbonyl (C=O) groups excluding carboxylic acids is 1. The molecule has 168 valence electrons. The molecule has 2 aromatic carbocycles. The van der Waals surface area contributed by atoms with E-state index in [4.69, 9.17) is 4.74 Å². The largest absolute Gasteiger partial charge is 0.476 e. The SMILES string of the molecule is Cc1nc(NC(C)c2cccc(C(F)(F)F)c2)c2cc3c(cc2n1)OC(C)(C)C(=O)N3C. The second kappa shape index (κ2) is 7.36. The summed E-state index contributed by atoms with van der Waals surface area (Å²) in [4.78, 5) is 23.1. The Hall–Kier alpha value is -3.36. The molecule has 0 bridgehead atoms. The summed E-state index contributed by atoms with van der Waals surface area (Å²) in [5.41, 5.74) is -0.0603. The molecule has 1 aliphatic heterocycles. The number of ether oxygens (including phenoxy) is 1. The lowest BCUT2D eigenvalue weighted by Crippen LogP contribution is -2.50. The quantitative estimate of drug-likeness (QED) is 0.597. The van der Waals surface area contributed by atoms with Gasteiger partial charge in [0.2, 0.25) is 0 Å². The van der Waals surface area contributed by atoms with Gasteiger partial charge < -0.3 is 15.0 Å². The van der Waals surface area contributed by atoms with E-state index in [1.54, 1.807) is 52.9 Å². The number of hydrogen-bond acceptors (Lipinski definition) is 5. The van der Waals surface area contributed by atoms with Gasteiger partial charge in [-0.2, -0.15) is 13.2 Å². The number of anilines is 2. The molecule has 0 radical (unpaired) electrons. The number of nitrogens with zero attached hydrogens (tertiary/aromatic N) is 3. The molecule has 9 heteroatoms. The molecule has 1 N–H and O–H groups in total. The van der Waals surface area contributed by atoms with E-state index >= 15 is 0 Å². The lowest BCUT2D eigenvalue weighted by atomic mass is 10.0. The molecule has 2 heterocycles. The third-order valence-corrected chi connectivity index (χ3v) is 5.50. The fourth-order valence-corrected chi connectivity index (χ4v) is 3.82. The topological polar surface area (TPSA) is 67.4 Å². The maximum atomic E-state index is 13.1. The molecule has 1 aliphatic rings. The first-order chi connectivity index (χ1) is 14.9. The average molecular weight is 444 g/mol. The van der Waals surface area contributed by atoms with Crippen molar-refractivity contribution in [2.75, 3.05) is 17.3 Å². The van der Waals surface area contributed by atoms with Gasteiger partial charge in [0.1, 0.15) is 17.4 Å². The highest BCUT2D eigenvalue weighted by Gasteiger charge is 2.39. The fraction of sp³-hybridized carbons (Fsp3) is 0.348. The number of rotatable bonds is 3. The summed E-state index contributed by atoms with van der Waals surface area (Å²) in [6.45, 7) is 6.90. The van der Waals surface area contributed by atoms with Gasteiger partial charge in [-0.3, -0.25) is 4.79 Å². The van der Waals surface area contributed by atoms with Gasteiger partial charge >= 0.3 is 6.18 Å². The van der Waals surface area contributed by atoms with Crippen molar-refractivity contribution in [2.24, 2.45) is 0 Å². The Bertz CT molecular complexity index is 1220. The van der Waals surface area contributed by atoms with Gasteiger partial charge in [0.05, 0.1) is 16.8 Å². The van der Waals surface area contributed by atoms with Crippen LogP contribution in [-0.4, -0.2) is 28.5 Å². The number of alkyl halides is 3. The third-order valence-electron chi connectivity index (χ3n) is 5.50. The molecule has 0 aliphatic carbocycles. The van der Waals surface area contributed by atoms with Crippen LogP contribution in [0, 0.1) is 6.92 Å². The summed E-state index contributed by atoms with van der Waals surface area (Å²) in [5, 5.41) is 3.84. The maximum absolute atomic E-state index is 13.1. The number of nitrogens with one attached hydrogen (secondary N) is 1. The number of fused-ring (bicyclic) bond motifs is 2. The number of aromatic nitrogens is 2. The molecule has 1 amide bonds.